The Labute approximate surface area is 185 Å². The van der Waals surface area contributed by atoms with E-state index in [9.17, 15) is 4.79 Å². The molecule has 1 heterocycles. The first-order valence-electron chi connectivity index (χ1n) is 11.0. The van der Waals surface area contributed by atoms with Gasteiger partial charge in [0.15, 0.2) is 5.96 Å². The molecule has 2 aromatic rings. The number of guanidine groups is 1. The fourth-order valence-corrected chi connectivity index (χ4v) is 3.67. The zero-order chi connectivity index (χ0) is 22.2. The topological polar surface area (TPSA) is 66.0 Å². The molecular weight excluding hydrogens is 388 g/mol. The molecule has 2 atom stereocenters. The molecule has 2 N–H and O–H groups in total. The zero-order valence-corrected chi connectivity index (χ0v) is 19.0. The van der Waals surface area contributed by atoms with E-state index >= 15 is 0 Å². The third kappa shape index (κ3) is 6.07. The zero-order valence-electron chi connectivity index (χ0n) is 19.0. The third-order valence-electron chi connectivity index (χ3n) is 5.77. The lowest BCUT2D eigenvalue weighted by Crippen LogP contribution is -2.48. The van der Waals surface area contributed by atoms with Crippen LogP contribution in [0.5, 0.6) is 0 Å². The Kier molecular flexibility index (Phi) is 8.06. The molecule has 1 amide bonds. The van der Waals surface area contributed by atoms with Gasteiger partial charge in [-0.25, -0.2) is 0 Å². The number of aliphatic imine (C=N–C) groups is 1. The minimum atomic E-state index is -0.0276. The van der Waals surface area contributed by atoms with Crippen LogP contribution in [0.1, 0.15) is 53.4 Å². The van der Waals surface area contributed by atoms with Crippen LogP contribution in [0.4, 0.5) is 0 Å². The summed E-state index contributed by atoms with van der Waals surface area (Å²) in [5.41, 5.74) is 4.26. The van der Waals surface area contributed by atoms with E-state index in [1.807, 2.05) is 38.2 Å². The molecule has 2 unspecified atom stereocenters. The Morgan fingerprint density at radius 1 is 1.23 bits per heavy atom. The van der Waals surface area contributed by atoms with Gasteiger partial charge in [0.1, 0.15) is 6.10 Å². The number of amides is 1. The van der Waals surface area contributed by atoms with Gasteiger partial charge in [-0.2, -0.15) is 0 Å². The van der Waals surface area contributed by atoms with Crippen molar-refractivity contribution in [3.05, 3.63) is 70.8 Å². The molecular formula is C25H34N4O2. The standard InChI is InChI=1S/C25H34N4O2/c1-5-19(3)28-24(30)21-12-10-20(11-13-21)16-27-25(26-4)29-14-15-31-23(17-29)22-9-7-6-8-18(22)2/h6-13,19,23H,5,14-17H2,1-4H3,(H,26,27)(H,28,30). The van der Waals surface area contributed by atoms with Crippen molar-refractivity contribution in [2.75, 3.05) is 26.7 Å². The Morgan fingerprint density at radius 2 is 1.97 bits per heavy atom. The maximum absolute atomic E-state index is 12.3. The average Bonchev–Trinajstić information content (AvgIpc) is 2.80. The van der Waals surface area contributed by atoms with Crippen LogP contribution in [0.15, 0.2) is 53.5 Å². The van der Waals surface area contributed by atoms with Crippen LogP contribution in [0.25, 0.3) is 0 Å². The van der Waals surface area contributed by atoms with Crippen molar-refractivity contribution in [3.8, 4) is 0 Å². The van der Waals surface area contributed by atoms with E-state index in [0.717, 1.165) is 31.0 Å². The van der Waals surface area contributed by atoms with E-state index in [1.165, 1.54) is 11.1 Å². The highest BCUT2D eigenvalue weighted by molar-refractivity contribution is 5.94. The normalized spacial score (nSPS) is 17.9. The molecule has 1 saturated heterocycles. The maximum Gasteiger partial charge on any atom is 0.251 e. The van der Waals surface area contributed by atoms with Crippen molar-refractivity contribution in [1.82, 2.24) is 15.5 Å². The van der Waals surface area contributed by atoms with Gasteiger partial charge in [-0.1, -0.05) is 43.3 Å². The molecule has 1 fully saturated rings. The number of nitrogens with zero attached hydrogens (tertiary/aromatic N) is 2. The van der Waals surface area contributed by atoms with Crippen molar-refractivity contribution in [1.29, 1.82) is 0 Å². The number of nitrogens with one attached hydrogen (secondary N) is 2. The number of benzene rings is 2. The summed E-state index contributed by atoms with van der Waals surface area (Å²) in [5.74, 6) is 0.834. The number of ether oxygens (including phenoxy) is 1. The first-order valence-corrected chi connectivity index (χ1v) is 11.0. The molecule has 0 spiro atoms. The van der Waals surface area contributed by atoms with Gasteiger partial charge in [-0.3, -0.25) is 9.79 Å². The molecule has 0 aliphatic carbocycles. The summed E-state index contributed by atoms with van der Waals surface area (Å²) < 4.78 is 6.04. The number of hydrogen-bond acceptors (Lipinski definition) is 3. The lowest BCUT2D eigenvalue weighted by molar-refractivity contribution is -0.00833. The van der Waals surface area contributed by atoms with Crippen LogP contribution in [0, 0.1) is 6.92 Å². The Hall–Kier alpha value is -2.86. The van der Waals surface area contributed by atoms with Crippen LogP contribution >= 0.6 is 0 Å². The first-order chi connectivity index (χ1) is 15.0. The summed E-state index contributed by atoms with van der Waals surface area (Å²) in [7, 11) is 1.81. The van der Waals surface area contributed by atoms with Crippen molar-refractivity contribution in [3.63, 3.8) is 0 Å². The summed E-state index contributed by atoms with van der Waals surface area (Å²) in [6.45, 7) is 9.07. The van der Waals surface area contributed by atoms with Gasteiger partial charge in [0.05, 0.1) is 13.2 Å². The Morgan fingerprint density at radius 3 is 2.65 bits per heavy atom. The smallest absolute Gasteiger partial charge is 0.251 e. The number of hydrogen-bond donors (Lipinski definition) is 2. The van der Waals surface area contributed by atoms with Gasteiger partial charge in [0.2, 0.25) is 0 Å². The second-order valence-electron chi connectivity index (χ2n) is 8.04. The lowest BCUT2D eigenvalue weighted by Gasteiger charge is -2.35. The monoisotopic (exact) mass is 422 g/mol. The second kappa shape index (κ2) is 11.0. The van der Waals surface area contributed by atoms with Crippen molar-refractivity contribution >= 4 is 11.9 Å². The maximum atomic E-state index is 12.3. The molecule has 6 heteroatoms. The summed E-state index contributed by atoms with van der Waals surface area (Å²) >= 11 is 0. The predicted octanol–water partition coefficient (Wildman–Crippen LogP) is 3.67. The van der Waals surface area contributed by atoms with Crippen molar-refractivity contribution in [2.24, 2.45) is 4.99 Å². The fourth-order valence-electron chi connectivity index (χ4n) is 3.67. The molecule has 31 heavy (non-hydrogen) atoms. The summed E-state index contributed by atoms with van der Waals surface area (Å²) in [6.07, 6.45) is 0.954. The van der Waals surface area contributed by atoms with E-state index in [2.05, 4.69) is 58.6 Å². The van der Waals surface area contributed by atoms with Gasteiger partial charge in [-0.05, 0) is 49.1 Å². The summed E-state index contributed by atoms with van der Waals surface area (Å²) in [4.78, 5) is 19.0. The largest absolute Gasteiger partial charge is 0.370 e. The van der Waals surface area contributed by atoms with Crippen LogP contribution in [-0.4, -0.2) is 49.6 Å². The van der Waals surface area contributed by atoms with E-state index in [1.54, 1.807) is 0 Å². The SMILES string of the molecule is CCC(C)NC(=O)c1ccc(CNC(=NC)N2CCOC(c3ccccc3C)C2)cc1. The van der Waals surface area contributed by atoms with Gasteiger partial charge in [-0.15, -0.1) is 0 Å². The average molecular weight is 423 g/mol. The minimum Gasteiger partial charge on any atom is -0.370 e. The third-order valence-corrected chi connectivity index (χ3v) is 5.77. The number of rotatable bonds is 6. The van der Waals surface area contributed by atoms with Crippen molar-refractivity contribution < 1.29 is 9.53 Å². The van der Waals surface area contributed by atoms with Crippen LogP contribution in [0.2, 0.25) is 0 Å². The number of carbonyl (C=O) groups excluding carboxylic acids is 1. The highest BCUT2D eigenvalue weighted by atomic mass is 16.5. The van der Waals surface area contributed by atoms with Crippen LogP contribution in [-0.2, 0) is 11.3 Å². The highest BCUT2D eigenvalue weighted by Crippen LogP contribution is 2.25. The van der Waals surface area contributed by atoms with Gasteiger partial charge < -0.3 is 20.3 Å². The van der Waals surface area contributed by atoms with Gasteiger partial charge in [0, 0.05) is 31.7 Å². The molecule has 1 aliphatic rings. The van der Waals surface area contributed by atoms with Crippen molar-refractivity contribution in [2.45, 2.75) is 45.9 Å². The molecule has 2 aromatic carbocycles. The lowest BCUT2D eigenvalue weighted by atomic mass is 10.0. The first kappa shape index (κ1) is 22.8. The quantitative estimate of drug-likeness (QED) is 0.551. The number of carbonyl (C=O) groups is 1. The number of aryl methyl sites for hydroxylation is 1. The fraction of sp³-hybridized carbons (Fsp3) is 0.440. The molecule has 0 aromatic heterocycles. The predicted molar refractivity (Wildman–Crippen MR) is 125 cm³/mol. The molecule has 166 valence electrons. The molecule has 3 rings (SSSR count). The summed E-state index contributed by atoms with van der Waals surface area (Å²) in [5, 5.41) is 6.45. The molecule has 0 radical (unpaired) electrons. The van der Waals surface area contributed by atoms with E-state index < -0.39 is 0 Å². The number of morpholine rings is 1. The Balaban J connectivity index is 1.58. The highest BCUT2D eigenvalue weighted by Gasteiger charge is 2.25. The Bertz CT molecular complexity index is 895. The molecule has 1 aliphatic heterocycles. The van der Waals surface area contributed by atoms with Crippen LogP contribution in [0.3, 0.4) is 0 Å². The second-order valence-corrected chi connectivity index (χ2v) is 8.04. The minimum absolute atomic E-state index is 0.0276. The van der Waals surface area contributed by atoms with E-state index in [-0.39, 0.29) is 18.1 Å². The molecule has 6 nitrogen and oxygen atoms in total. The van der Waals surface area contributed by atoms with E-state index in [0.29, 0.717) is 18.7 Å². The van der Waals surface area contributed by atoms with Gasteiger partial charge in [0.25, 0.3) is 5.91 Å². The molecule has 0 bridgehead atoms. The molecule has 0 saturated carbocycles. The van der Waals surface area contributed by atoms with E-state index in [4.69, 9.17) is 4.74 Å². The van der Waals surface area contributed by atoms with Crippen LogP contribution < -0.4 is 10.6 Å². The van der Waals surface area contributed by atoms with Gasteiger partial charge >= 0.3 is 0 Å². The summed E-state index contributed by atoms with van der Waals surface area (Å²) in [6, 6.07) is 16.3.